The van der Waals surface area contributed by atoms with E-state index in [9.17, 15) is 0 Å². The van der Waals surface area contributed by atoms with Crippen molar-refractivity contribution in [1.82, 2.24) is 9.97 Å². The van der Waals surface area contributed by atoms with Gasteiger partial charge in [-0.15, -0.1) is 11.8 Å². The third-order valence-corrected chi connectivity index (χ3v) is 13.4. The van der Waals surface area contributed by atoms with Crippen molar-refractivity contribution in [3.05, 3.63) is 78.9 Å². The van der Waals surface area contributed by atoms with Crippen LogP contribution in [0.1, 0.15) is 39.4 Å². The van der Waals surface area contributed by atoms with Gasteiger partial charge in [-0.05, 0) is 52.3 Å². The molecule has 5 heteroatoms. The summed E-state index contributed by atoms with van der Waals surface area (Å²) in [7, 11) is -2.50. The molecule has 0 saturated heterocycles. The zero-order valence-electron chi connectivity index (χ0n) is 20.1. The highest BCUT2D eigenvalue weighted by atomic mass is 32.2. The van der Waals surface area contributed by atoms with Crippen LogP contribution in [-0.2, 0) is 10.8 Å². The van der Waals surface area contributed by atoms with Crippen LogP contribution in [0.5, 0.6) is 0 Å². The number of benzene rings is 2. The molecule has 172 valence electrons. The number of nitrogens with zero attached hydrogens (tertiary/aromatic N) is 2. The topological polar surface area (TPSA) is 35.0 Å². The Labute approximate surface area is 203 Å². The molecule has 0 unspecified atom stereocenters. The highest BCUT2D eigenvalue weighted by molar-refractivity contribution is 7.98. The lowest BCUT2D eigenvalue weighted by Crippen LogP contribution is -2.67. The van der Waals surface area contributed by atoms with E-state index in [1.807, 2.05) is 12.4 Å². The Kier molecular flexibility index (Phi) is 6.23. The summed E-state index contributed by atoms with van der Waals surface area (Å²) in [6.07, 6.45) is 9.68. The minimum atomic E-state index is -2.50. The van der Waals surface area contributed by atoms with E-state index in [-0.39, 0.29) is 5.04 Å². The summed E-state index contributed by atoms with van der Waals surface area (Å²) in [5.41, 5.74) is 0. The van der Waals surface area contributed by atoms with E-state index in [1.54, 1.807) is 11.8 Å². The van der Waals surface area contributed by atoms with Gasteiger partial charge in [-0.3, -0.25) is 0 Å². The number of hydrogen-bond donors (Lipinski definition) is 0. The quantitative estimate of drug-likeness (QED) is 0.342. The molecule has 2 aliphatic carbocycles. The van der Waals surface area contributed by atoms with Crippen LogP contribution in [0.3, 0.4) is 0 Å². The summed E-state index contributed by atoms with van der Waals surface area (Å²) >= 11 is 1.69. The first-order valence-corrected chi connectivity index (χ1v) is 15.2. The maximum atomic E-state index is 7.49. The summed E-state index contributed by atoms with van der Waals surface area (Å²) in [5.74, 6) is 3.05. The molecule has 2 aromatic carbocycles. The van der Waals surface area contributed by atoms with Crippen molar-refractivity contribution in [2.24, 2.45) is 17.8 Å². The van der Waals surface area contributed by atoms with Gasteiger partial charge in [0, 0.05) is 29.8 Å². The molecule has 33 heavy (non-hydrogen) atoms. The van der Waals surface area contributed by atoms with Crippen LogP contribution in [0.2, 0.25) is 5.04 Å². The Morgan fingerprint density at radius 3 is 1.97 bits per heavy atom. The van der Waals surface area contributed by atoms with Crippen molar-refractivity contribution in [2.75, 3.05) is 6.26 Å². The first-order valence-electron chi connectivity index (χ1n) is 12.1. The summed E-state index contributed by atoms with van der Waals surface area (Å²) in [5, 5.41) is 2.77. The fourth-order valence-electron chi connectivity index (χ4n) is 5.93. The van der Waals surface area contributed by atoms with Crippen LogP contribution < -0.4 is 10.4 Å². The van der Waals surface area contributed by atoms with Crippen LogP contribution in [0.15, 0.2) is 78.0 Å². The third-order valence-electron chi connectivity index (χ3n) is 7.62. The van der Waals surface area contributed by atoms with E-state index in [4.69, 9.17) is 4.43 Å². The lowest BCUT2D eigenvalue weighted by atomic mass is 9.98. The molecule has 0 amide bonds. The average Bonchev–Trinajstić information content (AvgIpc) is 3.56. The Morgan fingerprint density at radius 2 is 1.45 bits per heavy atom. The Bertz CT molecular complexity index is 1030. The van der Waals surface area contributed by atoms with Crippen molar-refractivity contribution in [3.63, 3.8) is 0 Å². The van der Waals surface area contributed by atoms with Crippen molar-refractivity contribution >= 4 is 30.5 Å². The van der Waals surface area contributed by atoms with E-state index in [0.29, 0.717) is 17.9 Å². The van der Waals surface area contributed by atoms with Crippen LogP contribution >= 0.6 is 11.8 Å². The van der Waals surface area contributed by atoms with Gasteiger partial charge in [-0.1, -0.05) is 81.4 Å². The average molecular weight is 475 g/mol. The smallest absolute Gasteiger partial charge is 0.261 e. The van der Waals surface area contributed by atoms with Crippen molar-refractivity contribution in [3.8, 4) is 0 Å². The van der Waals surface area contributed by atoms with Crippen LogP contribution in [0.25, 0.3) is 0 Å². The predicted octanol–water partition coefficient (Wildman–Crippen LogP) is 5.34. The summed E-state index contributed by atoms with van der Waals surface area (Å²) in [6, 6.07) is 22.1. The first-order chi connectivity index (χ1) is 15.9. The Balaban J connectivity index is 1.44. The number of thioether (sulfide) groups is 1. The van der Waals surface area contributed by atoms with Gasteiger partial charge in [0.05, 0.1) is 0 Å². The van der Waals surface area contributed by atoms with E-state index in [1.165, 1.54) is 16.8 Å². The Hall–Kier alpha value is -1.95. The minimum Gasteiger partial charge on any atom is -0.404 e. The van der Waals surface area contributed by atoms with Gasteiger partial charge in [0.15, 0.2) is 0 Å². The monoisotopic (exact) mass is 474 g/mol. The van der Waals surface area contributed by atoms with Crippen molar-refractivity contribution in [2.45, 2.75) is 56.1 Å². The number of hydrogen-bond acceptors (Lipinski definition) is 4. The van der Waals surface area contributed by atoms with Crippen molar-refractivity contribution < 1.29 is 4.43 Å². The highest BCUT2D eigenvalue weighted by Gasteiger charge is 2.59. The van der Waals surface area contributed by atoms with E-state index >= 15 is 0 Å². The van der Waals surface area contributed by atoms with Gasteiger partial charge >= 0.3 is 0 Å². The van der Waals surface area contributed by atoms with Crippen LogP contribution in [0, 0.1) is 17.8 Å². The van der Waals surface area contributed by atoms with Crippen LogP contribution in [-0.4, -0.2) is 30.6 Å². The zero-order chi connectivity index (χ0) is 23.1. The maximum absolute atomic E-state index is 7.49. The van der Waals surface area contributed by atoms with E-state index < -0.39 is 8.32 Å². The second-order valence-electron chi connectivity index (χ2n) is 10.6. The molecule has 0 aliphatic heterocycles. The SMILES string of the molecule is CSc1cnc(C[C@@H]2C[C@H](O[Si](c3ccccc3)(c3ccccc3)C(C)(C)C)[C@H]3C[C@@H]23)nc1. The molecule has 3 nitrogen and oxygen atoms in total. The molecule has 1 heterocycles. The minimum absolute atomic E-state index is 0.0228. The molecule has 2 saturated carbocycles. The van der Waals surface area contributed by atoms with E-state index in [2.05, 4.69) is 97.7 Å². The van der Waals surface area contributed by atoms with Gasteiger partial charge < -0.3 is 4.43 Å². The molecule has 2 fully saturated rings. The molecule has 0 N–H and O–H groups in total. The number of fused-ring (bicyclic) bond motifs is 1. The maximum Gasteiger partial charge on any atom is 0.261 e. The number of aromatic nitrogens is 2. The summed E-state index contributed by atoms with van der Waals surface area (Å²) < 4.78 is 7.49. The van der Waals surface area contributed by atoms with Gasteiger partial charge in [0.25, 0.3) is 8.32 Å². The van der Waals surface area contributed by atoms with Gasteiger partial charge in [0.1, 0.15) is 5.82 Å². The van der Waals surface area contributed by atoms with E-state index in [0.717, 1.165) is 29.5 Å². The molecule has 3 aromatic rings. The molecular formula is C28H34N2OSSi. The fraction of sp³-hybridized carbons (Fsp3) is 0.429. The molecule has 4 atom stereocenters. The van der Waals surface area contributed by atoms with Crippen molar-refractivity contribution in [1.29, 1.82) is 0 Å². The molecule has 0 bridgehead atoms. The van der Waals surface area contributed by atoms with Gasteiger partial charge in [0.2, 0.25) is 0 Å². The predicted molar refractivity (Wildman–Crippen MR) is 140 cm³/mol. The Morgan fingerprint density at radius 1 is 0.879 bits per heavy atom. The molecule has 5 rings (SSSR count). The van der Waals surface area contributed by atoms with Gasteiger partial charge in [-0.25, -0.2) is 9.97 Å². The molecular weight excluding hydrogens is 440 g/mol. The highest BCUT2D eigenvalue weighted by Crippen LogP contribution is 2.58. The van der Waals surface area contributed by atoms with Gasteiger partial charge in [-0.2, -0.15) is 0 Å². The second-order valence-corrected chi connectivity index (χ2v) is 15.8. The first kappa shape index (κ1) is 22.8. The van der Waals surface area contributed by atoms with Crippen LogP contribution in [0.4, 0.5) is 0 Å². The largest absolute Gasteiger partial charge is 0.404 e. The lowest BCUT2D eigenvalue weighted by molar-refractivity contribution is 0.164. The molecule has 1 aromatic heterocycles. The standard InChI is InChI=1S/C28H34N2OSSi/c1-28(2,3)33(22-11-7-5-8-12-22,23-13-9-6-10-14-23)31-26-15-20(24-17-25(24)26)16-27-29-18-21(32-4)19-30-27/h5-14,18-20,24-26H,15-17H2,1-4H3/t20-,24-,25-,26-/m0/s1. The zero-order valence-corrected chi connectivity index (χ0v) is 21.9. The lowest BCUT2D eigenvalue weighted by Gasteiger charge is -2.45. The summed E-state index contributed by atoms with van der Waals surface area (Å²) in [6.45, 7) is 7.12. The normalized spacial score (nSPS) is 24.5. The molecule has 0 radical (unpaired) electrons. The third kappa shape index (κ3) is 4.31. The number of rotatable bonds is 7. The summed E-state index contributed by atoms with van der Waals surface area (Å²) in [4.78, 5) is 10.4. The fourth-order valence-corrected chi connectivity index (χ4v) is 11.0. The molecule has 2 aliphatic rings. The second kappa shape index (κ2) is 9.01. The molecule has 0 spiro atoms.